The molecular weight excluding hydrogens is 270 g/mol. The van der Waals surface area contributed by atoms with Gasteiger partial charge in [0.05, 0.1) is 19.6 Å². The lowest BCUT2D eigenvalue weighted by molar-refractivity contribution is -0.144. The lowest BCUT2D eigenvalue weighted by atomic mass is 10.00. The molecule has 1 saturated heterocycles. The lowest BCUT2D eigenvalue weighted by Gasteiger charge is -2.19. The van der Waals surface area contributed by atoms with Crippen molar-refractivity contribution < 1.29 is 19.7 Å². The van der Waals surface area contributed by atoms with Crippen molar-refractivity contribution in [2.45, 2.75) is 38.0 Å². The summed E-state index contributed by atoms with van der Waals surface area (Å²) in [5, 5.41) is 20.0. The Morgan fingerprint density at radius 2 is 2.05 bits per heavy atom. The van der Waals surface area contributed by atoms with Crippen molar-refractivity contribution in [3.63, 3.8) is 0 Å². The second-order valence-electron chi connectivity index (χ2n) is 5.52. The van der Waals surface area contributed by atoms with Gasteiger partial charge in [0.2, 0.25) is 0 Å². The maximum Gasteiger partial charge on any atom is 0.308 e. The summed E-state index contributed by atoms with van der Waals surface area (Å²) < 4.78 is 4.50. The Morgan fingerprint density at radius 1 is 1.33 bits per heavy atom. The van der Waals surface area contributed by atoms with E-state index in [9.17, 15) is 15.0 Å². The Balaban J connectivity index is 1.99. The van der Waals surface area contributed by atoms with Crippen molar-refractivity contribution in [1.82, 2.24) is 4.90 Å². The first-order chi connectivity index (χ1) is 10.1. The number of aliphatic hydroxyl groups is 2. The van der Waals surface area contributed by atoms with Gasteiger partial charge in [-0.1, -0.05) is 24.3 Å². The largest absolute Gasteiger partial charge is 0.469 e. The van der Waals surface area contributed by atoms with Gasteiger partial charge in [-0.25, -0.2) is 0 Å². The molecule has 2 rings (SSSR count). The van der Waals surface area contributed by atoms with E-state index in [1.54, 1.807) is 6.07 Å². The molecule has 1 aliphatic rings. The van der Waals surface area contributed by atoms with Crippen LogP contribution in [0.4, 0.5) is 0 Å². The quantitative estimate of drug-likeness (QED) is 0.772. The SMILES string of the molecule is COC(=O)CC(O)C(O)c1cccc(CN2CCCC2)c1. The standard InChI is InChI=1S/C16H23NO4/c1-21-15(19)10-14(18)16(20)13-6-4-5-12(9-13)11-17-7-2-3-8-17/h4-6,9,14,16,18,20H,2-3,7-8,10-11H2,1H3. The van der Waals surface area contributed by atoms with E-state index in [0.29, 0.717) is 5.56 Å². The predicted octanol–water partition coefficient (Wildman–Crippen LogP) is 1.24. The minimum Gasteiger partial charge on any atom is -0.469 e. The summed E-state index contributed by atoms with van der Waals surface area (Å²) in [6.07, 6.45) is 0.0241. The van der Waals surface area contributed by atoms with Crippen LogP contribution in [0.25, 0.3) is 0 Å². The van der Waals surface area contributed by atoms with Crippen molar-refractivity contribution in [3.8, 4) is 0 Å². The van der Waals surface area contributed by atoms with Crippen LogP contribution in [-0.4, -0.2) is 47.4 Å². The first kappa shape index (κ1) is 15.9. The van der Waals surface area contributed by atoms with Crippen molar-refractivity contribution in [2.24, 2.45) is 0 Å². The maximum atomic E-state index is 11.2. The van der Waals surface area contributed by atoms with Gasteiger partial charge in [-0.05, 0) is 37.1 Å². The Labute approximate surface area is 125 Å². The highest BCUT2D eigenvalue weighted by molar-refractivity contribution is 5.69. The molecule has 0 spiro atoms. The van der Waals surface area contributed by atoms with Gasteiger partial charge in [0, 0.05) is 6.54 Å². The Bertz CT molecular complexity index is 471. The number of carbonyl (C=O) groups is 1. The molecule has 0 aromatic heterocycles. The zero-order valence-corrected chi connectivity index (χ0v) is 12.4. The average Bonchev–Trinajstić information content (AvgIpc) is 2.99. The Kier molecular flexibility index (Phi) is 5.73. The maximum absolute atomic E-state index is 11.2. The van der Waals surface area contributed by atoms with Crippen molar-refractivity contribution >= 4 is 5.97 Å². The van der Waals surface area contributed by atoms with Crippen LogP contribution in [-0.2, 0) is 16.1 Å². The second kappa shape index (κ2) is 7.54. The number of nitrogens with zero attached hydrogens (tertiary/aromatic N) is 1. The molecule has 0 amide bonds. The van der Waals surface area contributed by atoms with Gasteiger partial charge >= 0.3 is 5.97 Å². The summed E-state index contributed by atoms with van der Waals surface area (Å²) in [7, 11) is 1.26. The summed E-state index contributed by atoms with van der Waals surface area (Å²) in [5.74, 6) is -0.533. The average molecular weight is 293 g/mol. The fourth-order valence-corrected chi connectivity index (χ4v) is 2.66. The van der Waals surface area contributed by atoms with Crippen LogP contribution in [0.2, 0.25) is 0 Å². The third-order valence-corrected chi connectivity index (χ3v) is 3.87. The second-order valence-corrected chi connectivity index (χ2v) is 5.52. The van der Waals surface area contributed by atoms with Crippen molar-refractivity contribution in [1.29, 1.82) is 0 Å². The molecule has 5 nitrogen and oxygen atoms in total. The number of esters is 1. The van der Waals surface area contributed by atoms with Gasteiger partial charge in [-0.15, -0.1) is 0 Å². The minimum atomic E-state index is -1.15. The van der Waals surface area contributed by atoms with Crippen LogP contribution in [0.5, 0.6) is 0 Å². The van der Waals surface area contributed by atoms with E-state index >= 15 is 0 Å². The molecule has 1 aliphatic heterocycles. The Morgan fingerprint density at radius 3 is 2.71 bits per heavy atom. The van der Waals surface area contributed by atoms with Gasteiger partial charge in [0.1, 0.15) is 6.10 Å². The highest BCUT2D eigenvalue weighted by Gasteiger charge is 2.22. The van der Waals surface area contributed by atoms with E-state index in [0.717, 1.165) is 25.2 Å². The first-order valence-electron chi connectivity index (χ1n) is 7.34. The normalized spacial score (nSPS) is 18.4. The Hall–Kier alpha value is -1.43. The van der Waals surface area contributed by atoms with Crippen LogP contribution in [0.1, 0.15) is 36.5 Å². The molecule has 116 valence electrons. The minimum absolute atomic E-state index is 0.214. The summed E-state index contributed by atoms with van der Waals surface area (Å²) in [4.78, 5) is 13.5. The van der Waals surface area contributed by atoms with Crippen molar-refractivity contribution in [2.75, 3.05) is 20.2 Å². The molecule has 2 unspecified atom stereocenters. The number of benzene rings is 1. The number of ether oxygens (including phenoxy) is 1. The summed E-state index contributed by atoms with van der Waals surface area (Å²) >= 11 is 0. The van der Waals surface area contributed by atoms with E-state index in [2.05, 4.69) is 9.64 Å². The lowest BCUT2D eigenvalue weighted by Crippen LogP contribution is -2.23. The van der Waals surface area contributed by atoms with Crippen LogP contribution in [0, 0.1) is 0 Å². The zero-order chi connectivity index (χ0) is 15.2. The van der Waals surface area contributed by atoms with Gasteiger partial charge in [-0.2, -0.15) is 0 Å². The molecule has 1 aromatic carbocycles. The molecule has 5 heteroatoms. The number of carbonyl (C=O) groups excluding carboxylic acids is 1. The zero-order valence-electron chi connectivity index (χ0n) is 12.4. The van der Waals surface area contributed by atoms with E-state index < -0.39 is 18.2 Å². The topological polar surface area (TPSA) is 70.0 Å². The summed E-state index contributed by atoms with van der Waals surface area (Å²) in [5.41, 5.74) is 1.74. The van der Waals surface area contributed by atoms with Crippen LogP contribution in [0.3, 0.4) is 0 Å². The van der Waals surface area contributed by atoms with E-state index in [-0.39, 0.29) is 6.42 Å². The molecule has 2 N–H and O–H groups in total. The summed E-state index contributed by atoms with van der Waals surface area (Å²) in [6.45, 7) is 3.07. The predicted molar refractivity (Wildman–Crippen MR) is 78.6 cm³/mol. The third kappa shape index (κ3) is 4.52. The molecule has 2 atom stereocenters. The number of rotatable bonds is 6. The fourth-order valence-electron chi connectivity index (χ4n) is 2.66. The molecule has 0 aliphatic carbocycles. The van der Waals surface area contributed by atoms with Crippen LogP contribution >= 0.6 is 0 Å². The molecule has 0 bridgehead atoms. The van der Waals surface area contributed by atoms with Gasteiger partial charge in [0.15, 0.2) is 0 Å². The number of aliphatic hydroxyl groups excluding tert-OH is 2. The molecule has 21 heavy (non-hydrogen) atoms. The molecule has 1 heterocycles. The van der Waals surface area contributed by atoms with Crippen LogP contribution in [0.15, 0.2) is 24.3 Å². The number of hydrogen-bond acceptors (Lipinski definition) is 5. The highest BCUT2D eigenvalue weighted by atomic mass is 16.5. The van der Waals surface area contributed by atoms with Gasteiger partial charge in [0.25, 0.3) is 0 Å². The molecule has 0 saturated carbocycles. The summed E-state index contributed by atoms with van der Waals surface area (Å²) in [6, 6.07) is 7.54. The molecule has 1 fully saturated rings. The number of hydrogen-bond donors (Lipinski definition) is 2. The van der Waals surface area contributed by atoms with Gasteiger partial charge in [-0.3, -0.25) is 9.69 Å². The van der Waals surface area contributed by atoms with Crippen molar-refractivity contribution in [3.05, 3.63) is 35.4 Å². The van der Waals surface area contributed by atoms with E-state index in [1.165, 1.54) is 20.0 Å². The fraction of sp³-hybridized carbons (Fsp3) is 0.562. The third-order valence-electron chi connectivity index (χ3n) is 3.87. The van der Waals surface area contributed by atoms with E-state index in [4.69, 9.17) is 0 Å². The molecular formula is C16H23NO4. The molecule has 1 aromatic rings. The smallest absolute Gasteiger partial charge is 0.308 e. The number of methoxy groups -OCH3 is 1. The van der Waals surface area contributed by atoms with Crippen LogP contribution < -0.4 is 0 Å². The molecule has 0 radical (unpaired) electrons. The highest BCUT2D eigenvalue weighted by Crippen LogP contribution is 2.22. The monoisotopic (exact) mass is 293 g/mol. The first-order valence-corrected chi connectivity index (χ1v) is 7.34. The number of likely N-dealkylation sites (tertiary alicyclic amines) is 1. The van der Waals surface area contributed by atoms with E-state index in [1.807, 2.05) is 18.2 Å². The van der Waals surface area contributed by atoms with Gasteiger partial charge < -0.3 is 14.9 Å².